The fourth-order valence-corrected chi connectivity index (χ4v) is 4.65. The Kier molecular flexibility index (Phi) is 7.16. The molecule has 0 unspecified atom stereocenters. The summed E-state index contributed by atoms with van der Waals surface area (Å²) in [6, 6.07) is 17.4. The number of hydrogen-bond acceptors (Lipinski definition) is 5. The van der Waals surface area contributed by atoms with E-state index in [1.54, 1.807) is 19.1 Å². The summed E-state index contributed by atoms with van der Waals surface area (Å²) in [5, 5.41) is 7.55. The van der Waals surface area contributed by atoms with Crippen LogP contribution >= 0.6 is 23.5 Å². The highest BCUT2D eigenvalue weighted by Gasteiger charge is 2.31. The van der Waals surface area contributed by atoms with Crippen molar-refractivity contribution in [2.45, 2.75) is 17.8 Å². The minimum Gasteiger partial charge on any atom is -0.497 e. The van der Waals surface area contributed by atoms with Crippen LogP contribution in [-0.4, -0.2) is 24.5 Å². The maximum Gasteiger partial charge on any atom is 0.573 e. The van der Waals surface area contributed by atoms with E-state index >= 15 is 0 Å². The fourth-order valence-electron chi connectivity index (χ4n) is 3.47. The number of nitrogens with zero attached hydrogens (tertiary/aromatic N) is 1. The standard InChI is InChI=1S/C24H21ClF3N3O2S/c1-29-13-15-14-31(34-19-5-3-4-17(11-19)32-2)23-10-16(6-8-20(15)23)30-22-9-7-18(12-21(22)25)33-24(26,27)28/h3-12,14,29-30H,13H2,1-2H3. The largest absolute Gasteiger partial charge is 0.573 e. The van der Waals surface area contributed by atoms with Crippen LogP contribution in [0.5, 0.6) is 11.5 Å². The molecule has 0 fully saturated rings. The summed E-state index contributed by atoms with van der Waals surface area (Å²) in [5.74, 6) is 0.394. The molecule has 4 rings (SSSR count). The topological polar surface area (TPSA) is 47.5 Å². The van der Waals surface area contributed by atoms with Gasteiger partial charge in [0.2, 0.25) is 0 Å². The molecule has 0 radical (unpaired) electrons. The zero-order chi connectivity index (χ0) is 24.3. The highest BCUT2D eigenvalue weighted by atomic mass is 35.5. The Balaban J connectivity index is 1.65. The summed E-state index contributed by atoms with van der Waals surface area (Å²) < 4.78 is 48.7. The first-order valence-electron chi connectivity index (χ1n) is 10.2. The molecular formula is C24H21ClF3N3O2S. The van der Waals surface area contributed by atoms with Crippen molar-refractivity contribution in [3.05, 3.63) is 77.4 Å². The number of nitrogens with one attached hydrogen (secondary N) is 2. The second-order valence-corrected chi connectivity index (χ2v) is 8.78. The molecule has 4 aromatic rings. The van der Waals surface area contributed by atoms with Gasteiger partial charge in [0.05, 0.1) is 23.3 Å². The monoisotopic (exact) mass is 507 g/mol. The van der Waals surface area contributed by atoms with E-state index in [9.17, 15) is 13.2 Å². The van der Waals surface area contributed by atoms with Crippen LogP contribution < -0.4 is 20.1 Å². The van der Waals surface area contributed by atoms with Crippen LogP contribution in [0.15, 0.2) is 71.8 Å². The molecule has 0 amide bonds. The van der Waals surface area contributed by atoms with Crippen molar-refractivity contribution in [1.82, 2.24) is 9.29 Å². The summed E-state index contributed by atoms with van der Waals surface area (Å²) in [6.07, 6.45) is -2.70. The lowest BCUT2D eigenvalue weighted by Gasteiger charge is -2.13. The molecule has 0 spiro atoms. The Morgan fingerprint density at radius 3 is 2.56 bits per heavy atom. The van der Waals surface area contributed by atoms with Crippen molar-refractivity contribution in [3.8, 4) is 11.5 Å². The van der Waals surface area contributed by atoms with Gasteiger partial charge in [0.25, 0.3) is 0 Å². The fraction of sp³-hybridized carbons (Fsp3) is 0.167. The zero-order valence-electron chi connectivity index (χ0n) is 18.2. The Morgan fingerprint density at radius 2 is 1.85 bits per heavy atom. The number of alkyl halides is 3. The molecule has 0 saturated carbocycles. The smallest absolute Gasteiger partial charge is 0.497 e. The van der Waals surface area contributed by atoms with E-state index in [0.29, 0.717) is 12.2 Å². The summed E-state index contributed by atoms with van der Waals surface area (Å²) in [5.41, 5.74) is 3.30. The van der Waals surface area contributed by atoms with Gasteiger partial charge in [-0.15, -0.1) is 13.2 Å². The molecule has 178 valence electrons. The number of aromatic nitrogens is 1. The van der Waals surface area contributed by atoms with Gasteiger partial charge < -0.3 is 20.1 Å². The third-order valence-electron chi connectivity index (χ3n) is 4.92. The lowest BCUT2D eigenvalue weighted by Crippen LogP contribution is -2.17. The number of halogens is 4. The normalized spacial score (nSPS) is 11.6. The first-order valence-corrected chi connectivity index (χ1v) is 11.3. The molecule has 0 aliphatic rings. The van der Waals surface area contributed by atoms with Crippen LogP contribution in [0.4, 0.5) is 24.5 Å². The van der Waals surface area contributed by atoms with Gasteiger partial charge in [0.1, 0.15) is 11.5 Å². The lowest BCUT2D eigenvalue weighted by atomic mass is 10.1. The molecule has 1 aromatic heterocycles. The molecule has 3 aromatic carbocycles. The number of fused-ring (bicyclic) bond motifs is 1. The second kappa shape index (κ2) is 10.1. The van der Waals surface area contributed by atoms with Gasteiger partial charge in [-0.3, -0.25) is 3.97 Å². The molecule has 2 N–H and O–H groups in total. The summed E-state index contributed by atoms with van der Waals surface area (Å²) in [7, 11) is 3.52. The molecule has 0 saturated heterocycles. The Morgan fingerprint density at radius 1 is 1.03 bits per heavy atom. The number of ether oxygens (including phenoxy) is 2. The second-order valence-electron chi connectivity index (χ2n) is 7.33. The lowest BCUT2D eigenvalue weighted by molar-refractivity contribution is -0.274. The van der Waals surface area contributed by atoms with E-state index in [-0.39, 0.29) is 10.8 Å². The third-order valence-corrected chi connectivity index (χ3v) is 6.20. The minimum absolute atomic E-state index is 0.110. The molecule has 0 aliphatic carbocycles. The molecule has 34 heavy (non-hydrogen) atoms. The highest BCUT2D eigenvalue weighted by molar-refractivity contribution is 7.98. The van der Waals surface area contributed by atoms with Crippen LogP contribution in [0.3, 0.4) is 0 Å². The van der Waals surface area contributed by atoms with Gasteiger partial charge in [-0.1, -0.05) is 23.7 Å². The number of hydrogen-bond donors (Lipinski definition) is 2. The first kappa shape index (κ1) is 24.1. The Hall–Kier alpha value is -3.01. The summed E-state index contributed by atoms with van der Waals surface area (Å²) >= 11 is 7.75. The van der Waals surface area contributed by atoms with E-state index in [1.807, 2.05) is 49.5 Å². The number of methoxy groups -OCH3 is 1. The van der Waals surface area contributed by atoms with E-state index < -0.39 is 6.36 Å². The van der Waals surface area contributed by atoms with Gasteiger partial charge in [-0.2, -0.15) is 0 Å². The highest BCUT2D eigenvalue weighted by Crippen LogP contribution is 2.35. The van der Waals surface area contributed by atoms with Gasteiger partial charge in [-0.05, 0) is 67.0 Å². The number of benzene rings is 3. The van der Waals surface area contributed by atoms with Gasteiger partial charge in [0, 0.05) is 34.8 Å². The Labute approximate surface area is 203 Å². The van der Waals surface area contributed by atoms with Crippen molar-refractivity contribution >= 4 is 45.8 Å². The molecule has 1 heterocycles. The minimum atomic E-state index is -4.78. The average molecular weight is 508 g/mol. The van der Waals surface area contributed by atoms with Crippen LogP contribution in [-0.2, 0) is 6.54 Å². The molecule has 5 nitrogen and oxygen atoms in total. The van der Waals surface area contributed by atoms with Crippen LogP contribution in [0, 0.1) is 0 Å². The maximum atomic E-state index is 12.5. The van der Waals surface area contributed by atoms with Crippen LogP contribution in [0.2, 0.25) is 5.02 Å². The van der Waals surface area contributed by atoms with Gasteiger partial charge >= 0.3 is 6.36 Å². The van der Waals surface area contributed by atoms with E-state index in [4.69, 9.17) is 16.3 Å². The third kappa shape index (κ3) is 5.72. The SMILES string of the molecule is CNCc1cn(Sc2cccc(OC)c2)c2cc(Nc3ccc(OC(F)(F)F)cc3Cl)ccc12. The molecule has 10 heteroatoms. The summed E-state index contributed by atoms with van der Waals surface area (Å²) in [4.78, 5) is 1.01. The van der Waals surface area contributed by atoms with Crippen molar-refractivity contribution in [2.24, 2.45) is 0 Å². The van der Waals surface area contributed by atoms with Crippen molar-refractivity contribution < 1.29 is 22.6 Å². The predicted molar refractivity (Wildman–Crippen MR) is 130 cm³/mol. The molecule has 0 atom stereocenters. The van der Waals surface area contributed by atoms with Crippen LogP contribution in [0.1, 0.15) is 5.56 Å². The number of anilines is 2. The number of rotatable bonds is 8. The van der Waals surface area contributed by atoms with E-state index in [0.717, 1.165) is 38.9 Å². The molecule has 0 aliphatic heterocycles. The predicted octanol–water partition coefficient (Wildman–Crippen LogP) is 7.22. The quantitative estimate of drug-likeness (QED) is 0.263. The first-order chi connectivity index (χ1) is 16.3. The van der Waals surface area contributed by atoms with Crippen molar-refractivity contribution in [3.63, 3.8) is 0 Å². The zero-order valence-corrected chi connectivity index (χ0v) is 19.8. The molecular weight excluding hydrogens is 487 g/mol. The Bertz CT molecular complexity index is 1310. The van der Waals surface area contributed by atoms with E-state index in [2.05, 4.69) is 25.5 Å². The molecule has 0 bridgehead atoms. The average Bonchev–Trinajstić information content (AvgIpc) is 3.11. The van der Waals surface area contributed by atoms with Crippen LogP contribution in [0.25, 0.3) is 10.9 Å². The van der Waals surface area contributed by atoms with Crippen molar-refractivity contribution in [2.75, 3.05) is 19.5 Å². The van der Waals surface area contributed by atoms with E-state index in [1.165, 1.54) is 12.1 Å². The van der Waals surface area contributed by atoms with Gasteiger partial charge in [0.15, 0.2) is 0 Å². The van der Waals surface area contributed by atoms with Crippen molar-refractivity contribution in [1.29, 1.82) is 0 Å². The summed E-state index contributed by atoms with van der Waals surface area (Å²) in [6.45, 7) is 0.696. The maximum absolute atomic E-state index is 12.5. The van der Waals surface area contributed by atoms with Gasteiger partial charge in [-0.25, -0.2) is 0 Å².